The fourth-order valence-corrected chi connectivity index (χ4v) is 2.30. The van der Waals surface area contributed by atoms with E-state index < -0.39 is 0 Å². The van der Waals surface area contributed by atoms with Crippen LogP contribution in [-0.4, -0.2) is 0 Å². The SMILES string of the molecule is Cc1ccc(C2CCCCC2)cc1F. The molecule has 76 valence electrons. The Morgan fingerprint density at radius 1 is 1.14 bits per heavy atom. The van der Waals surface area contributed by atoms with E-state index >= 15 is 0 Å². The molecule has 14 heavy (non-hydrogen) atoms. The average Bonchev–Trinajstić information content (AvgIpc) is 2.23. The minimum atomic E-state index is -0.0481. The van der Waals surface area contributed by atoms with Crippen molar-refractivity contribution in [3.63, 3.8) is 0 Å². The third kappa shape index (κ3) is 1.97. The summed E-state index contributed by atoms with van der Waals surface area (Å²) in [6.07, 6.45) is 6.44. The van der Waals surface area contributed by atoms with Crippen molar-refractivity contribution in [2.75, 3.05) is 0 Å². The van der Waals surface area contributed by atoms with Crippen molar-refractivity contribution in [2.24, 2.45) is 0 Å². The van der Waals surface area contributed by atoms with Gasteiger partial charge in [-0.1, -0.05) is 31.4 Å². The van der Waals surface area contributed by atoms with Gasteiger partial charge in [0.05, 0.1) is 0 Å². The second-order valence-electron chi connectivity index (χ2n) is 4.34. The van der Waals surface area contributed by atoms with Crippen LogP contribution in [0.15, 0.2) is 18.2 Å². The Morgan fingerprint density at radius 3 is 2.50 bits per heavy atom. The molecule has 0 atom stereocenters. The van der Waals surface area contributed by atoms with Gasteiger partial charge in [0.25, 0.3) is 0 Å². The summed E-state index contributed by atoms with van der Waals surface area (Å²) in [5.74, 6) is 0.562. The van der Waals surface area contributed by atoms with Crippen molar-refractivity contribution >= 4 is 0 Å². The normalized spacial score (nSPS) is 18.4. The van der Waals surface area contributed by atoms with E-state index in [9.17, 15) is 4.39 Å². The lowest BCUT2D eigenvalue weighted by atomic mass is 9.84. The Hall–Kier alpha value is -0.850. The zero-order valence-electron chi connectivity index (χ0n) is 8.72. The number of rotatable bonds is 1. The molecule has 0 nitrogen and oxygen atoms in total. The molecule has 0 amide bonds. The molecule has 0 radical (unpaired) electrons. The van der Waals surface area contributed by atoms with Crippen molar-refractivity contribution in [3.8, 4) is 0 Å². The van der Waals surface area contributed by atoms with Crippen LogP contribution in [0.5, 0.6) is 0 Å². The highest BCUT2D eigenvalue weighted by Crippen LogP contribution is 2.32. The second-order valence-corrected chi connectivity index (χ2v) is 4.34. The molecule has 0 N–H and O–H groups in total. The summed E-state index contributed by atoms with van der Waals surface area (Å²) in [6.45, 7) is 1.82. The molecule has 0 spiro atoms. The zero-order valence-corrected chi connectivity index (χ0v) is 8.72. The minimum absolute atomic E-state index is 0.0481. The van der Waals surface area contributed by atoms with Gasteiger partial charge >= 0.3 is 0 Å². The predicted octanol–water partition coefficient (Wildman–Crippen LogP) is 4.18. The molecule has 1 heteroatoms. The number of benzene rings is 1. The Kier molecular flexibility index (Phi) is 2.85. The Morgan fingerprint density at radius 2 is 1.86 bits per heavy atom. The molecule has 0 unspecified atom stereocenters. The number of halogens is 1. The standard InChI is InChI=1S/C13H17F/c1-10-7-8-12(9-13(10)14)11-5-3-2-4-6-11/h7-9,11H,2-6H2,1H3. The quantitative estimate of drug-likeness (QED) is 0.626. The lowest BCUT2D eigenvalue weighted by Gasteiger charge is -2.22. The van der Waals surface area contributed by atoms with Crippen LogP contribution in [0.4, 0.5) is 4.39 Å². The summed E-state index contributed by atoms with van der Waals surface area (Å²) in [7, 11) is 0. The molecule has 0 bridgehead atoms. The summed E-state index contributed by atoms with van der Waals surface area (Å²) >= 11 is 0. The summed E-state index contributed by atoms with van der Waals surface area (Å²) in [5.41, 5.74) is 1.96. The minimum Gasteiger partial charge on any atom is -0.207 e. The van der Waals surface area contributed by atoms with Gasteiger partial charge in [-0.25, -0.2) is 4.39 Å². The Bertz CT molecular complexity index is 311. The molecular formula is C13H17F. The summed E-state index contributed by atoms with van der Waals surface area (Å²) in [5, 5.41) is 0. The fourth-order valence-electron chi connectivity index (χ4n) is 2.30. The van der Waals surface area contributed by atoms with E-state index in [2.05, 4.69) is 6.07 Å². The summed E-state index contributed by atoms with van der Waals surface area (Å²) in [6, 6.07) is 5.72. The molecule has 0 heterocycles. The number of aryl methyl sites for hydroxylation is 1. The molecule has 1 aromatic carbocycles. The maximum Gasteiger partial charge on any atom is 0.126 e. The molecule has 1 aromatic rings. The lowest BCUT2D eigenvalue weighted by molar-refractivity contribution is 0.442. The van der Waals surface area contributed by atoms with Gasteiger partial charge in [-0.15, -0.1) is 0 Å². The molecule has 0 aromatic heterocycles. The van der Waals surface area contributed by atoms with Crippen LogP contribution in [0, 0.1) is 12.7 Å². The Labute approximate surface area is 85.1 Å². The van der Waals surface area contributed by atoms with E-state index in [4.69, 9.17) is 0 Å². The van der Waals surface area contributed by atoms with Crippen molar-refractivity contribution in [2.45, 2.75) is 44.9 Å². The molecular weight excluding hydrogens is 175 g/mol. The lowest BCUT2D eigenvalue weighted by Crippen LogP contribution is -2.04. The molecule has 1 saturated carbocycles. The van der Waals surface area contributed by atoms with Gasteiger partial charge in [0.15, 0.2) is 0 Å². The number of hydrogen-bond acceptors (Lipinski definition) is 0. The van der Waals surface area contributed by atoms with Crippen LogP contribution in [-0.2, 0) is 0 Å². The maximum absolute atomic E-state index is 13.3. The highest BCUT2D eigenvalue weighted by atomic mass is 19.1. The van der Waals surface area contributed by atoms with E-state index in [0.717, 1.165) is 5.56 Å². The van der Waals surface area contributed by atoms with Crippen molar-refractivity contribution in [1.82, 2.24) is 0 Å². The third-order valence-corrected chi connectivity index (χ3v) is 3.27. The van der Waals surface area contributed by atoms with E-state index in [1.807, 2.05) is 13.0 Å². The maximum atomic E-state index is 13.3. The van der Waals surface area contributed by atoms with Gasteiger partial charge < -0.3 is 0 Å². The molecule has 2 rings (SSSR count). The van der Waals surface area contributed by atoms with Crippen LogP contribution in [0.2, 0.25) is 0 Å². The molecule has 0 aliphatic heterocycles. The largest absolute Gasteiger partial charge is 0.207 e. The van der Waals surface area contributed by atoms with Gasteiger partial charge in [-0.05, 0) is 42.9 Å². The van der Waals surface area contributed by atoms with Crippen molar-refractivity contribution in [3.05, 3.63) is 35.1 Å². The van der Waals surface area contributed by atoms with Crippen molar-refractivity contribution in [1.29, 1.82) is 0 Å². The first-order valence-electron chi connectivity index (χ1n) is 5.53. The highest BCUT2D eigenvalue weighted by Gasteiger charge is 2.15. The summed E-state index contributed by atoms with van der Waals surface area (Å²) < 4.78 is 13.3. The van der Waals surface area contributed by atoms with Crippen LogP contribution >= 0.6 is 0 Å². The number of hydrogen-bond donors (Lipinski definition) is 0. The van der Waals surface area contributed by atoms with Gasteiger partial charge in [0, 0.05) is 0 Å². The first-order chi connectivity index (χ1) is 6.77. The first-order valence-corrected chi connectivity index (χ1v) is 5.53. The molecule has 1 fully saturated rings. The van der Waals surface area contributed by atoms with Crippen LogP contribution in [0.25, 0.3) is 0 Å². The highest BCUT2D eigenvalue weighted by molar-refractivity contribution is 5.26. The topological polar surface area (TPSA) is 0 Å². The van der Waals surface area contributed by atoms with Gasteiger partial charge in [0.2, 0.25) is 0 Å². The van der Waals surface area contributed by atoms with Crippen LogP contribution in [0.3, 0.4) is 0 Å². The van der Waals surface area contributed by atoms with Gasteiger partial charge in [-0.2, -0.15) is 0 Å². The van der Waals surface area contributed by atoms with E-state index in [1.165, 1.54) is 37.7 Å². The van der Waals surface area contributed by atoms with E-state index in [-0.39, 0.29) is 5.82 Å². The second kappa shape index (κ2) is 4.12. The average molecular weight is 192 g/mol. The van der Waals surface area contributed by atoms with E-state index in [0.29, 0.717) is 5.92 Å². The predicted molar refractivity (Wildman–Crippen MR) is 57.0 cm³/mol. The smallest absolute Gasteiger partial charge is 0.126 e. The third-order valence-electron chi connectivity index (χ3n) is 3.27. The van der Waals surface area contributed by atoms with Crippen LogP contribution in [0.1, 0.15) is 49.1 Å². The molecule has 0 saturated heterocycles. The van der Waals surface area contributed by atoms with Gasteiger partial charge in [-0.3, -0.25) is 0 Å². The van der Waals surface area contributed by atoms with Crippen molar-refractivity contribution < 1.29 is 4.39 Å². The van der Waals surface area contributed by atoms with E-state index in [1.54, 1.807) is 6.07 Å². The molecule has 1 aliphatic rings. The monoisotopic (exact) mass is 192 g/mol. The fraction of sp³-hybridized carbons (Fsp3) is 0.538. The van der Waals surface area contributed by atoms with Crippen LogP contribution < -0.4 is 0 Å². The Balaban J connectivity index is 2.18. The summed E-state index contributed by atoms with van der Waals surface area (Å²) in [4.78, 5) is 0. The van der Waals surface area contributed by atoms with Gasteiger partial charge in [0.1, 0.15) is 5.82 Å². The zero-order chi connectivity index (χ0) is 9.97. The molecule has 1 aliphatic carbocycles. The first kappa shape index (κ1) is 9.70.